The Hall–Kier alpha value is -3.13. The number of non-ortho nitro benzene ring substituents is 1. The molecule has 3 aromatic rings. The van der Waals surface area contributed by atoms with Crippen LogP contribution >= 0.6 is 23.2 Å². The molecule has 2 aliphatic heterocycles. The minimum atomic E-state index is -0.816. The standard InChI is InChI=1S/C27H25Cl2N3O4/c28-20-9-7-18(8-10-20)24-25(19-5-4-6-23(17-19)32(34)35)31(22-13-11-21(29)12-14-22)36-26(24)27(33)30-15-2-1-3-16-30/h4-14,17,24-26H,1-3,15-16H2/t24-,25-,26-/m0/s1. The molecule has 2 fully saturated rings. The quantitative estimate of drug-likeness (QED) is 0.278. The zero-order valence-corrected chi connectivity index (χ0v) is 20.9. The van der Waals surface area contributed by atoms with Gasteiger partial charge in [0.1, 0.15) is 0 Å². The van der Waals surface area contributed by atoms with Gasteiger partial charge in [0.25, 0.3) is 11.6 Å². The molecule has 1 amide bonds. The summed E-state index contributed by atoms with van der Waals surface area (Å²) in [4.78, 5) is 33.4. The molecule has 0 N–H and O–H groups in total. The van der Waals surface area contributed by atoms with E-state index in [1.54, 1.807) is 41.5 Å². The van der Waals surface area contributed by atoms with E-state index in [0.717, 1.165) is 24.8 Å². The van der Waals surface area contributed by atoms with Crippen molar-refractivity contribution in [3.05, 3.63) is 104 Å². The van der Waals surface area contributed by atoms with Crippen molar-refractivity contribution in [1.29, 1.82) is 0 Å². The number of halogens is 2. The van der Waals surface area contributed by atoms with Crippen LogP contribution in [-0.4, -0.2) is 34.9 Å². The van der Waals surface area contributed by atoms with E-state index in [9.17, 15) is 14.9 Å². The van der Waals surface area contributed by atoms with Gasteiger partial charge in [0.15, 0.2) is 6.10 Å². The van der Waals surface area contributed by atoms with Crippen LogP contribution in [0.2, 0.25) is 10.0 Å². The number of benzene rings is 3. The van der Waals surface area contributed by atoms with Gasteiger partial charge in [-0.3, -0.25) is 19.7 Å². The number of hydrogen-bond acceptors (Lipinski definition) is 5. The van der Waals surface area contributed by atoms with Gasteiger partial charge >= 0.3 is 0 Å². The Bertz CT molecular complexity index is 1250. The number of nitro benzene ring substituents is 1. The lowest BCUT2D eigenvalue weighted by molar-refractivity contribution is -0.384. The first-order valence-corrected chi connectivity index (χ1v) is 12.7. The Balaban J connectivity index is 1.65. The molecule has 36 heavy (non-hydrogen) atoms. The summed E-state index contributed by atoms with van der Waals surface area (Å²) in [7, 11) is 0. The van der Waals surface area contributed by atoms with E-state index in [1.165, 1.54) is 6.07 Å². The van der Waals surface area contributed by atoms with Crippen LogP contribution in [0, 0.1) is 10.1 Å². The van der Waals surface area contributed by atoms with Crippen LogP contribution in [0.25, 0.3) is 0 Å². The van der Waals surface area contributed by atoms with E-state index in [-0.39, 0.29) is 11.6 Å². The molecular weight excluding hydrogens is 501 g/mol. The summed E-state index contributed by atoms with van der Waals surface area (Å²) in [6, 6.07) is 20.5. The zero-order chi connectivity index (χ0) is 25.2. The first-order chi connectivity index (χ1) is 17.4. The average molecular weight is 526 g/mol. The number of carbonyl (C=O) groups is 1. The van der Waals surface area contributed by atoms with Gasteiger partial charge < -0.3 is 4.90 Å². The Morgan fingerprint density at radius 2 is 1.53 bits per heavy atom. The van der Waals surface area contributed by atoms with Crippen LogP contribution in [0.4, 0.5) is 11.4 Å². The normalized spacial score (nSPS) is 22.0. The topological polar surface area (TPSA) is 75.9 Å². The number of rotatable bonds is 5. The van der Waals surface area contributed by atoms with Gasteiger partial charge in [0.05, 0.1) is 16.7 Å². The maximum absolute atomic E-state index is 13.9. The lowest BCUT2D eigenvalue weighted by atomic mass is 9.83. The molecule has 0 saturated carbocycles. The number of likely N-dealkylation sites (tertiary alicyclic amines) is 1. The van der Waals surface area contributed by atoms with Crippen LogP contribution in [0.5, 0.6) is 0 Å². The highest BCUT2D eigenvalue weighted by Crippen LogP contribution is 2.49. The molecule has 0 radical (unpaired) electrons. The minimum absolute atomic E-state index is 0.0239. The van der Waals surface area contributed by atoms with E-state index < -0.39 is 23.0 Å². The third-order valence-electron chi connectivity index (χ3n) is 6.82. The first kappa shape index (κ1) is 24.6. The van der Waals surface area contributed by atoms with Gasteiger partial charge in [-0.15, -0.1) is 0 Å². The van der Waals surface area contributed by atoms with Crippen molar-refractivity contribution in [2.45, 2.75) is 37.3 Å². The van der Waals surface area contributed by atoms with Crippen molar-refractivity contribution in [3.63, 3.8) is 0 Å². The fourth-order valence-corrected chi connectivity index (χ4v) is 5.33. The first-order valence-electron chi connectivity index (χ1n) is 11.9. The maximum atomic E-state index is 13.9. The molecule has 0 spiro atoms. The molecule has 0 bridgehead atoms. The van der Waals surface area contributed by atoms with Crippen molar-refractivity contribution in [2.24, 2.45) is 0 Å². The summed E-state index contributed by atoms with van der Waals surface area (Å²) >= 11 is 12.3. The summed E-state index contributed by atoms with van der Waals surface area (Å²) in [5.41, 5.74) is 2.21. The van der Waals surface area contributed by atoms with Gasteiger partial charge in [-0.25, -0.2) is 5.06 Å². The molecule has 2 aliphatic rings. The molecule has 7 nitrogen and oxygen atoms in total. The van der Waals surface area contributed by atoms with E-state index in [2.05, 4.69) is 0 Å². The second-order valence-electron chi connectivity index (χ2n) is 9.09. The van der Waals surface area contributed by atoms with Crippen molar-refractivity contribution >= 4 is 40.5 Å². The highest BCUT2D eigenvalue weighted by Gasteiger charge is 2.50. The maximum Gasteiger partial charge on any atom is 0.269 e. The summed E-state index contributed by atoms with van der Waals surface area (Å²) in [5, 5.41) is 14.4. The number of nitro groups is 1. The monoisotopic (exact) mass is 525 g/mol. The van der Waals surface area contributed by atoms with Crippen LogP contribution < -0.4 is 5.06 Å². The molecule has 2 heterocycles. The molecule has 5 rings (SSSR count). The van der Waals surface area contributed by atoms with Gasteiger partial charge in [-0.05, 0) is 66.8 Å². The summed E-state index contributed by atoms with van der Waals surface area (Å²) in [5.74, 6) is -0.518. The van der Waals surface area contributed by atoms with Crippen LogP contribution in [0.1, 0.15) is 42.3 Å². The molecule has 0 aliphatic carbocycles. The molecule has 9 heteroatoms. The van der Waals surface area contributed by atoms with Crippen LogP contribution in [0.15, 0.2) is 72.8 Å². The number of hydroxylamine groups is 1. The van der Waals surface area contributed by atoms with Crippen LogP contribution in [0.3, 0.4) is 0 Å². The number of carbonyl (C=O) groups excluding carboxylic acids is 1. The largest absolute Gasteiger partial charge is 0.340 e. The Morgan fingerprint density at radius 1 is 0.889 bits per heavy atom. The zero-order valence-electron chi connectivity index (χ0n) is 19.4. The highest BCUT2D eigenvalue weighted by molar-refractivity contribution is 6.30. The smallest absolute Gasteiger partial charge is 0.269 e. The van der Waals surface area contributed by atoms with E-state index >= 15 is 0 Å². The Labute approximate surface area is 219 Å². The average Bonchev–Trinajstić information content (AvgIpc) is 3.30. The summed E-state index contributed by atoms with van der Waals surface area (Å²) < 4.78 is 0. The van der Waals surface area contributed by atoms with E-state index in [4.69, 9.17) is 28.0 Å². The molecule has 0 unspecified atom stereocenters. The number of hydrogen-bond donors (Lipinski definition) is 0. The number of piperidine rings is 1. The summed E-state index contributed by atoms with van der Waals surface area (Å²) in [6.07, 6.45) is 2.20. The second-order valence-corrected chi connectivity index (χ2v) is 9.96. The third kappa shape index (κ3) is 4.91. The summed E-state index contributed by atoms with van der Waals surface area (Å²) in [6.45, 7) is 1.38. The molecular formula is C27H25Cl2N3O4. The SMILES string of the molecule is O=C([C@H]1ON(c2ccc(Cl)cc2)[C@@H](c2cccc([N+](=O)[O-])c2)[C@@H]1c1ccc(Cl)cc1)N1CCCCC1. The number of amides is 1. The predicted molar refractivity (Wildman–Crippen MR) is 139 cm³/mol. The van der Waals surface area contributed by atoms with Gasteiger partial charge in [-0.2, -0.15) is 0 Å². The van der Waals surface area contributed by atoms with Crippen molar-refractivity contribution in [1.82, 2.24) is 4.90 Å². The molecule has 186 valence electrons. The fourth-order valence-electron chi connectivity index (χ4n) is 5.07. The molecule has 0 aromatic heterocycles. The van der Waals surface area contributed by atoms with E-state index in [1.807, 2.05) is 35.2 Å². The molecule has 3 atom stereocenters. The molecule has 3 aromatic carbocycles. The van der Waals surface area contributed by atoms with Crippen molar-refractivity contribution in [3.8, 4) is 0 Å². The predicted octanol–water partition coefficient (Wildman–Crippen LogP) is 6.56. The van der Waals surface area contributed by atoms with Crippen molar-refractivity contribution < 1.29 is 14.6 Å². The van der Waals surface area contributed by atoms with Crippen LogP contribution in [-0.2, 0) is 9.63 Å². The van der Waals surface area contributed by atoms with Gasteiger partial charge in [0.2, 0.25) is 0 Å². The lowest BCUT2D eigenvalue weighted by Gasteiger charge is -2.30. The Morgan fingerprint density at radius 3 is 2.17 bits per heavy atom. The molecule has 2 saturated heterocycles. The number of anilines is 1. The lowest BCUT2D eigenvalue weighted by Crippen LogP contribution is -2.44. The minimum Gasteiger partial charge on any atom is -0.340 e. The second kappa shape index (κ2) is 10.5. The van der Waals surface area contributed by atoms with Crippen molar-refractivity contribution in [2.75, 3.05) is 18.2 Å². The Kier molecular flexibility index (Phi) is 7.14. The highest BCUT2D eigenvalue weighted by atomic mass is 35.5. The number of nitrogens with zero attached hydrogens (tertiary/aromatic N) is 3. The third-order valence-corrected chi connectivity index (χ3v) is 7.32. The van der Waals surface area contributed by atoms with Gasteiger partial charge in [-0.1, -0.05) is 47.5 Å². The fraction of sp³-hybridized carbons (Fsp3) is 0.296. The van der Waals surface area contributed by atoms with Gasteiger partial charge in [0, 0.05) is 41.2 Å². The van der Waals surface area contributed by atoms with E-state index in [0.29, 0.717) is 34.4 Å².